The zero-order valence-corrected chi connectivity index (χ0v) is 19.6. The smallest absolute Gasteiger partial charge is 0.331 e. The molecule has 2 aliphatic rings. The number of carbonyl (C=O) groups excluding carboxylic acids is 1. The van der Waals surface area contributed by atoms with Crippen molar-refractivity contribution in [2.75, 3.05) is 26.2 Å². The van der Waals surface area contributed by atoms with Crippen LogP contribution in [0.25, 0.3) is 0 Å². The van der Waals surface area contributed by atoms with Crippen LogP contribution in [0.2, 0.25) is 0 Å². The normalized spacial score (nSPS) is 21.6. The minimum atomic E-state index is -0.470. The van der Waals surface area contributed by atoms with E-state index in [9.17, 15) is 14.4 Å². The lowest BCUT2D eigenvalue weighted by Crippen LogP contribution is -2.46. The Morgan fingerprint density at radius 2 is 1.72 bits per heavy atom. The number of piperidine rings is 1. The van der Waals surface area contributed by atoms with Crippen molar-refractivity contribution in [3.05, 3.63) is 68.0 Å². The molecular weight excluding hydrogens is 404 g/mol. The molecule has 2 saturated heterocycles. The molecule has 1 unspecified atom stereocenters. The third-order valence-electron chi connectivity index (χ3n) is 7.26. The number of benzene rings is 1. The van der Waals surface area contributed by atoms with E-state index in [2.05, 4.69) is 43.0 Å². The molecule has 0 radical (unpaired) electrons. The molecule has 0 saturated carbocycles. The number of rotatable bonds is 4. The van der Waals surface area contributed by atoms with Gasteiger partial charge >= 0.3 is 5.69 Å². The Balaban J connectivity index is 1.45. The maximum absolute atomic E-state index is 13.2. The molecule has 0 bridgehead atoms. The highest BCUT2D eigenvalue weighted by Gasteiger charge is 2.43. The molecular formula is C25H34N4O3. The van der Waals surface area contributed by atoms with Crippen molar-refractivity contribution in [3.8, 4) is 0 Å². The monoisotopic (exact) mass is 438 g/mol. The number of aromatic nitrogens is 2. The Bertz CT molecular complexity index is 1120. The summed E-state index contributed by atoms with van der Waals surface area (Å²) in [5, 5.41) is 0. The van der Waals surface area contributed by atoms with E-state index in [0.717, 1.165) is 43.5 Å². The lowest BCUT2D eigenvalue weighted by atomic mass is 9.79. The summed E-state index contributed by atoms with van der Waals surface area (Å²) in [5.41, 5.74) is 2.03. The summed E-state index contributed by atoms with van der Waals surface area (Å²) in [5.74, 6) is 0.314. The Labute approximate surface area is 189 Å². The highest BCUT2D eigenvalue weighted by molar-refractivity contribution is 5.92. The number of amides is 1. The van der Waals surface area contributed by atoms with Gasteiger partial charge in [-0.15, -0.1) is 0 Å². The minimum Gasteiger partial charge on any atom is -0.337 e. The molecule has 3 heterocycles. The summed E-state index contributed by atoms with van der Waals surface area (Å²) in [7, 11) is 2.98. The molecule has 172 valence electrons. The zero-order valence-electron chi connectivity index (χ0n) is 19.6. The van der Waals surface area contributed by atoms with Crippen LogP contribution < -0.4 is 11.2 Å². The largest absolute Gasteiger partial charge is 0.337 e. The maximum atomic E-state index is 13.2. The molecule has 1 aromatic heterocycles. The molecule has 7 nitrogen and oxygen atoms in total. The summed E-state index contributed by atoms with van der Waals surface area (Å²) < 4.78 is 2.30. The molecule has 4 rings (SSSR count). The van der Waals surface area contributed by atoms with Crippen molar-refractivity contribution in [2.24, 2.45) is 19.5 Å². The topological polar surface area (TPSA) is 67.6 Å². The first kappa shape index (κ1) is 22.5. The fraction of sp³-hybridized carbons (Fsp3) is 0.560. The van der Waals surface area contributed by atoms with Crippen LogP contribution in [0.5, 0.6) is 0 Å². The number of hydrogen-bond acceptors (Lipinski definition) is 4. The third-order valence-corrected chi connectivity index (χ3v) is 7.26. The van der Waals surface area contributed by atoms with Crippen LogP contribution >= 0.6 is 0 Å². The van der Waals surface area contributed by atoms with E-state index in [1.54, 1.807) is 7.05 Å². The summed E-state index contributed by atoms with van der Waals surface area (Å²) in [6, 6.07) is 10.2. The average molecular weight is 439 g/mol. The molecule has 0 aliphatic carbocycles. The molecule has 1 amide bonds. The number of likely N-dealkylation sites (tertiary alicyclic amines) is 2. The van der Waals surface area contributed by atoms with Gasteiger partial charge in [-0.05, 0) is 42.9 Å². The average Bonchev–Trinajstić information content (AvgIpc) is 3.17. The first-order valence-corrected chi connectivity index (χ1v) is 11.6. The van der Waals surface area contributed by atoms with Gasteiger partial charge in [0.2, 0.25) is 0 Å². The Kier molecular flexibility index (Phi) is 6.12. The van der Waals surface area contributed by atoms with Gasteiger partial charge in [-0.3, -0.25) is 23.6 Å². The van der Waals surface area contributed by atoms with E-state index in [0.29, 0.717) is 19.0 Å². The van der Waals surface area contributed by atoms with Crippen LogP contribution in [0.1, 0.15) is 60.6 Å². The fourth-order valence-electron chi connectivity index (χ4n) is 5.25. The Morgan fingerprint density at radius 3 is 2.41 bits per heavy atom. The predicted molar refractivity (Wildman–Crippen MR) is 125 cm³/mol. The van der Waals surface area contributed by atoms with Crippen molar-refractivity contribution in [1.29, 1.82) is 0 Å². The van der Waals surface area contributed by atoms with Gasteiger partial charge in [0.15, 0.2) is 0 Å². The number of carbonyl (C=O) groups is 1. The van der Waals surface area contributed by atoms with Gasteiger partial charge in [0.1, 0.15) is 5.69 Å². The van der Waals surface area contributed by atoms with Crippen molar-refractivity contribution in [1.82, 2.24) is 18.9 Å². The van der Waals surface area contributed by atoms with Crippen LogP contribution in [0.4, 0.5) is 0 Å². The van der Waals surface area contributed by atoms with Crippen LogP contribution in [-0.2, 0) is 20.6 Å². The molecule has 2 aliphatic heterocycles. The van der Waals surface area contributed by atoms with Crippen molar-refractivity contribution < 1.29 is 4.79 Å². The third kappa shape index (κ3) is 4.31. The fourth-order valence-corrected chi connectivity index (χ4v) is 5.25. The summed E-state index contributed by atoms with van der Waals surface area (Å²) in [6.07, 6.45) is 3.19. The summed E-state index contributed by atoms with van der Waals surface area (Å²) in [6.45, 7) is 8.74. The zero-order chi connectivity index (χ0) is 23.0. The van der Waals surface area contributed by atoms with E-state index in [1.165, 1.54) is 28.8 Å². The van der Waals surface area contributed by atoms with Gasteiger partial charge in [-0.25, -0.2) is 4.79 Å². The van der Waals surface area contributed by atoms with Gasteiger partial charge in [0.05, 0.1) is 0 Å². The van der Waals surface area contributed by atoms with Gasteiger partial charge in [0.25, 0.3) is 11.5 Å². The van der Waals surface area contributed by atoms with Crippen LogP contribution in [0.3, 0.4) is 0 Å². The molecule has 32 heavy (non-hydrogen) atoms. The Hall–Kier alpha value is -2.67. The molecule has 7 heteroatoms. The molecule has 2 fully saturated rings. The van der Waals surface area contributed by atoms with Crippen molar-refractivity contribution >= 4 is 5.91 Å². The number of hydrogen-bond donors (Lipinski definition) is 0. The molecule has 0 N–H and O–H groups in total. The SMILES string of the molecule is CC(C)c1ccc(CN2CCCC3(CCN(C(=O)c4cc(=O)n(C)c(=O)n4C)C3)C2)cc1. The highest BCUT2D eigenvalue weighted by Crippen LogP contribution is 2.39. The molecule has 1 aromatic carbocycles. The van der Waals surface area contributed by atoms with Crippen LogP contribution in [-0.4, -0.2) is 51.0 Å². The van der Waals surface area contributed by atoms with E-state index in [4.69, 9.17) is 0 Å². The van der Waals surface area contributed by atoms with E-state index in [-0.39, 0.29) is 17.0 Å². The lowest BCUT2D eigenvalue weighted by Gasteiger charge is -2.40. The van der Waals surface area contributed by atoms with E-state index in [1.807, 2.05) is 4.90 Å². The quantitative estimate of drug-likeness (QED) is 0.735. The second kappa shape index (κ2) is 8.70. The molecule has 1 spiro atoms. The van der Waals surface area contributed by atoms with Crippen molar-refractivity contribution in [2.45, 2.75) is 45.6 Å². The first-order chi connectivity index (χ1) is 15.2. The summed E-state index contributed by atoms with van der Waals surface area (Å²) >= 11 is 0. The van der Waals surface area contributed by atoms with Crippen molar-refractivity contribution in [3.63, 3.8) is 0 Å². The maximum Gasteiger partial charge on any atom is 0.331 e. The first-order valence-electron chi connectivity index (χ1n) is 11.6. The Morgan fingerprint density at radius 1 is 1.00 bits per heavy atom. The predicted octanol–water partition coefficient (Wildman–Crippen LogP) is 2.34. The van der Waals surface area contributed by atoms with Crippen LogP contribution in [0, 0.1) is 5.41 Å². The van der Waals surface area contributed by atoms with Gasteiger partial charge in [-0.1, -0.05) is 38.1 Å². The van der Waals surface area contributed by atoms with Gasteiger partial charge in [0, 0.05) is 51.8 Å². The number of nitrogens with zero attached hydrogens (tertiary/aromatic N) is 4. The second-order valence-electron chi connectivity index (χ2n) is 9.96. The van der Waals surface area contributed by atoms with Gasteiger partial charge in [-0.2, -0.15) is 0 Å². The van der Waals surface area contributed by atoms with Crippen LogP contribution in [0.15, 0.2) is 39.9 Å². The lowest BCUT2D eigenvalue weighted by molar-refractivity contribution is 0.0666. The highest BCUT2D eigenvalue weighted by atomic mass is 16.2. The van der Waals surface area contributed by atoms with Gasteiger partial charge < -0.3 is 4.90 Å². The van der Waals surface area contributed by atoms with E-state index < -0.39 is 11.2 Å². The second-order valence-corrected chi connectivity index (χ2v) is 9.96. The standard InChI is InChI=1S/C25H34N4O3/c1-18(2)20-8-6-19(7-9-20)15-28-12-5-10-25(16-28)11-13-29(17-25)23(31)21-14-22(30)27(4)24(32)26(21)3/h6-9,14,18H,5,10-13,15-17H2,1-4H3. The van der Waals surface area contributed by atoms with E-state index >= 15 is 0 Å². The summed E-state index contributed by atoms with van der Waals surface area (Å²) in [4.78, 5) is 41.8. The minimum absolute atomic E-state index is 0.0877. The molecule has 2 aromatic rings. The molecule has 1 atom stereocenters.